The van der Waals surface area contributed by atoms with Gasteiger partial charge in [0.05, 0.1) is 0 Å². The number of carbonyl (C=O) groups excluding carboxylic acids is 2. The van der Waals surface area contributed by atoms with Gasteiger partial charge in [0, 0.05) is 23.5 Å². The molecular formula is C25H26N2O2S. The summed E-state index contributed by atoms with van der Waals surface area (Å²) in [5.41, 5.74) is 2.72. The van der Waals surface area contributed by atoms with E-state index in [1.165, 1.54) is 11.8 Å². The highest BCUT2D eigenvalue weighted by Crippen LogP contribution is 2.35. The summed E-state index contributed by atoms with van der Waals surface area (Å²) in [5, 5.41) is 5.59. The molecule has 1 atom stereocenters. The molecule has 0 saturated heterocycles. The third-order valence-corrected chi connectivity index (χ3v) is 5.79. The van der Waals surface area contributed by atoms with Crippen molar-refractivity contribution in [2.24, 2.45) is 0 Å². The van der Waals surface area contributed by atoms with Crippen molar-refractivity contribution in [3.05, 3.63) is 96.1 Å². The van der Waals surface area contributed by atoms with Crippen LogP contribution in [0.5, 0.6) is 0 Å². The van der Waals surface area contributed by atoms with Crippen LogP contribution in [-0.2, 0) is 16.1 Å². The highest BCUT2D eigenvalue weighted by atomic mass is 32.2. The summed E-state index contributed by atoms with van der Waals surface area (Å²) in [5.74, 6) is -0.0161. The van der Waals surface area contributed by atoms with E-state index in [-0.39, 0.29) is 17.1 Å². The van der Waals surface area contributed by atoms with Gasteiger partial charge in [-0.15, -0.1) is 11.8 Å². The zero-order valence-electron chi connectivity index (χ0n) is 17.0. The lowest BCUT2D eigenvalue weighted by Crippen LogP contribution is -2.27. The van der Waals surface area contributed by atoms with Crippen molar-refractivity contribution in [3.63, 3.8) is 0 Å². The summed E-state index contributed by atoms with van der Waals surface area (Å²) in [7, 11) is 0. The first-order chi connectivity index (χ1) is 14.7. The number of thioether (sulfide) groups is 1. The molecule has 5 heteroatoms. The monoisotopic (exact) mass is 418 g/mol. The van der Waals surface area contributed by atoms with Crippen LogP contribution in [0.25, 0.3) is 0 Å². The van der Waals surface area contributed by atoms with Gasteiger partial charge < -0.3 is 10.6 Å². The van der Waals surface area contributed by atoms with E-state index in [4.69, 9.17) is 0 Å². The molecule has 30 heavy (non-hydrogen) atoms. The van der Waals surface area contributed by atoms with Gasteiger partial charge in [0.15, 0.2) is 0 Å². The number of amides is 2. The van der Waals surface area contributed by atoms with Crippen molar-refractivity contribution in [1.82, 2.24) is 5.32 Å². The summed E-state index contributed by atoms with van der Waals surface area (Å²) in [6.07, 6.45) is 1.33. The molecule has 2 amide bonds. The maximum absolute atomic E-state index is 13.0. The molecule has 0 radical (unpaired) electrons. The van der Waals surface area contributed by atoms with Crippen molar-refractivity contribution >= 4 is 29.3 Å². The Balaban J connectivity index is 1.63. The molecule has 3 rings (SSSR count). The Bertz CT molecular complexity index is 944. The molecule has 0 spiro atoms. The van der Waals surface area contributed by atoms with Crippen LogP contribution in [0, 0.1) is 0 Å². The van der Waals surface area contributed by atoms with Crippen LogP contribution in [0.2, 0.25) is 0 Å². The fraction of sp³-hybridized carbons (Fsp3) is 0.200. The fourth-order valence-corrected chi connectivity index (χ4v) is 4.04. The van der Waals surface area contributed by atoms with Crippen LogP contribution in [0.1, 0.15) is 36.1 Å². The van der Waals surface area contributed by atoms with E-state index in [0.29, 0.717) is 13.0 Å². The average molecular weight is 419 g/mol. The number of benzene rings is 3. The summed E-state index contributed by atoms with van der Waals surface area (Å²) in [4.78, 5) is 25.8. The quantitative estimate of drug-likeness (QED) is 0.446. The molecule has 0 heterocycles. The Hall–Kier alpha value is -3.05. The van der Waals surface area contributed by atoms with E-state index >= 15 is 0 Å². The zero-order chi connectivity index (χ0) is 21.2. The average Bonchev–Trinajstić information content (AvgIpc) is 2.78. The topological polar surface area (TPSA) is 58.2 Å². The number of anilines is 1. The molecule has 3 aromatic rings. The lowest BCUT2D eigenvalue weighted by atomic mass is 10.1. The van der Waals surface area contributed by atoms with Gasteiger partial charge in [-0.25, -0.2) is 0 Å². The van der Waals surface area contributed by atoms with E-state index in [1.807, 2.05) is 91.9 Å². The minimum Gasteiger partial charge on any atom is -0.351 e. The second kappa shape index (κ2) is 11.2. The lowest BCUT2D eigenvalue weighted by molar-refractivity contribution is -0.121. The molecule has 2 N–H and O–H groups in total. The minimum absolute atomic E-state index is 0.0159. The Morgan fingerprint density at radius 3 is 2.13 bits per heavy atom. The lowest BCUT2D eigenvalue weighted by Gasteiger charge is -2.17. The van der Waals surface area contributed by atoms with Gasteiger partial charge in [0.25, 0.3) is 0 Å². The Morgan fingerprint density at radius 2 is 1.50 bits per heavy atom. The van der Waals surface area contributed by atoms with E-state index in [2.05, 4.69) is 10.6 Å². The zero-order valence-corrected chi connectivity index (χ0v) is 17.8. The second-order valence-electron chi connectivity index (χ2n) is 6.93. The molecular weight excluding hydrogens is 392 g/mol. The third-order valence-electron chi connectivity index (χ3n) is 4.52. The van der Waals surface area contributed by atoms with Crippen LogP contribution in [0.15, 0.2) is 89.8 Å². The van der Waals surface area contributed by atoms with Gasteiger partial charge in [0.1, 0.15) is 5.25 Å². The van der Waals surface area contributed by atoms with Gasteiger partial charge in [-0.2, -0.15) is 0 Å². The molecule has 0 aliphatic heterocycles. The summed E-state index contributed by atoms with van der Waals surface area (Å²) in [6, 6.07) is 27.3. The Morgan fingerprint density at radius 1 is 0.867 bits per heavy atom. The van der Waals surface area contributed by atoms with E-state index in [0.717, 1.165) is 28.1 Å². The molecule has 154 valence electrons. The van der Waals surface area contributed by atoms with Crippen molar-refractivity contribution in [1.29, 1.82) is 0 Å². The third kappa shape index (κ3) is 6.49. The molecule has 0 aromatic heterocycles. The normalized spacial score (nSPS) is 11.5. The number of hydrogen-bond acceptors (Lipinski definition) is 3. The summed E-state index contributed by atoms with van der Waals surface area (Å²) in [6.45, 7) is 2.41. The summed E-state index contributed by atoms with van der Waals surface area (Å²) < 4.78 is 0. The van der Waals surface area contributed by atoms with Gasteiger partial charge in [-0.3, -0.25) is 9.59 Å². The first-order valence-corrected chi connectivity index (χ1v) is 11.0. The number of hydrogen-bond donors (Lipinski definition) is 2. The highest BCUT2D eigenvalue weighted by Gasteiger charge is 2.21. The molecule has 4 nitrogen and oxygen atoms in total. The molecule has 0 fully saturated rings. The first kappa shape index (κ1) is 21.7. The van der Waals surface area contributed by atoms with E-state index in [1.54, 1.807) is 0 Å². The second-order valence-corrected chi connectivity index (χ2v) is 8.11. The number of carbonyl (C=O) groups is 2. The smallest absolute Gasteiger partial charge is 0.238 e. The maximum atomic E-state index is 13.0. The largest absolute Gasteiger partial charge is 0.351 e. The van der Waals surface area contributed by atoms with Crippen LogP contribution in [-0.4, -0.2) is 11.8 Å². The predicted molar refractivity (Wildman–Crippen MR) is 123 cm³/mol. The van der Waals surface area contributed by atoms with Crippen molar-refractivity contribution < 1.29 is 9.59 Å². The molecule has 0 aliphatic carbocycles. The van der Waals surface area contributed by atoms with Gasteiger partial charge in [-0.05, 0) is 41.8 Å². The van der Waals surface area contributed by atoms with E-state index in [9.17, 15) is 9.59 Å². The molecule has 3 aromatic carbocycles. The van der Waals surface area contributed by atoms with Gasteiger partial charge >= 0.3 is 0 Å². The van der Waals surface area contributed by atoms with Crippen LogP contribution in [0.3, 0.4) is 0 Å². The Labute approximate surface area is 182 Å². The highest BCUT2D eigenvalue weighted by molar-refractivity contribution is 8.00. The van der Waals surface area contributed by atoms with Crippen LogP contribution >= 0.6 is 11.8 Å². The van der Waals surface area contributed by atoms with Crippen LogP contribution in [0.4, 0.5) is 5.69 Å². The van der Waals surface area contributed by atoms with Crippen molar-refractivity contribution in [3.8, 4) is 0 Å². The van der Waals surface area contributed by atoms with Crippen LogP contribution < -0.4 is 10.6 Å². The standard InChI is InChI=1S/C25H26N2O2S/c1-2-9-23(28)27-21-16-14-19(15-17-21)18-26-25(29)24(20-10-5-3-6-11-20)30-22-12-7-4-8-13-22/h3-8,10-17,24H,2,9,18H2,1H3,(H,26,29)(H,27,28). The number of nitrogens with one attached hydrogen (secondary N) is 2. The predicted octanol–water partition coefficient (Wildman–Crippen LogP) is 5.58. The number of rotatable bonds is 9. The molecule has 0 saturated carbocycles. The van der Waals surface area contributed by atoms with Crippen molar-refractivity contribution in [2.45, 2.75) is 36.5 Å². The molecule has 0 aliphatic rings. The van der Waals surface area contributed by atoms with Gasteiger partial charge in [0.2, 0.25) is 11.8 Å². The fourth-order valence-electron chi connectivity index (χ4n) is 2.97. The molecule has 0 bridgehead atoms. The molecule has 1 unspecified atom stereocenters. The van der Waals surface area contributed by atoms with Crippen molar-refractivity contribution in [2.75, 3.05) is 5.32 Å². The SMILES string of the molecule is CCCC(=O)Nc1ccc(CNC(=O)C(Sc2ccccc2)c2ccccc2)cc1. The van der Waals surface area contributed by atoms with Gasteiger partial charge in [-0.1, -0.05) is 67.6 Å². The minimum atomic E-state index is -0.332. The first-order valence-electron chi connectivity index (χ1n) is 10.1. The summed E-state index contributed by atoms with van der Waals surface area (Å²) >= 11 is 1.54. The van der Waals surface area contributed by atoms with E-state index < -0.39 is 0 Å². The maximum Gasteiger partial charge on any atom is 0.238 e. The Kier molecular flexibility index (Phi) is 8.10.